The predicted octanol–water partition coefficient (Wildman–Crippen LogP) is 3.94. The van der Waals surface area contributed by atoms with Crippen LogP contribution in [0.2, 0.25) is 0 Å². The first-order valence-electron chi connectivity index (χ1n) is 10.1. The van der Waals surface area contributed by atoms with Crippen LogP contribution in [-0.2, 0) is 16.6 Å². The standard InChI is InChI=1S/C23H25N3O3S2/c1-29-22-9-5-8-20(16-22)23-24-21(18-30-23)17-25-11-13-26(14-12-25)31(27,28)15-10-19-6-3-2-4-7-19/h2-10,15-16,18H,11-14,17H2,1H3/b15-10+. The lowest BCUT2D eigenvalue weighted by Gasteiger charge is -2.32. The molecule has 8 heteroatoms. The highest BCUT2D eigenvalue weighted by atomic mass is 32.2. The van der Waals surface area contributed by atoms with E-state index in [1.807, 2.05) is 54.6 Å². The minimum absolute atomic E-state index is 0.480. The molecule has 4 rings (SSSR count). The molecule has 0 atom stereocenters. The van der Waals surface area contributed by atoms with E-state index in [9.17, 15) is 8.42 Å². The van der Waals surface area contributed by atoms with Crippen LogP contribution >= 0.6 is 11.3 Å². The molecule has 0 unspecified atom stereocenters. The first kappa shape index (κ1) is 21.7. The van der Waals surface area contributed by atoms with E-state index < -0.39 is 10.0 Å². The number of thiazole rings is 1. The maximum Gasteiger partial charge on any atom is 0.236 e. The second kappa shape index (κ2) is 9.74. The summed E-state index contributed by atoms with van der Waals surface area (Å²) in [6.07, 6.45) is 1.65. The van der Waals surface area contributed by atoms with Crippen molar-refractivity contribution in [2.24, 2.45) is 0 Å². The third kappa shape index (κ3) is 5.59. The van der Waals surface area contributed by atoms with Crippen LogP contribution in [-0.4, -0.2) is 55.9 Å². The van der Waals surface area contributed by atoms with Crippen molar-refractivity contribution in [1.82, 2.24) is 14.2 Å². The van der Waals surface area contributed by atoms with Crippen LogP contribution in [0.1, 0.15) is 11.3 Å². The summed E-state index contributed by atoms with van der Waals surface area (Å²) in [5.41, 5.74) is 2.92. The lowest BCUT2D eigenvalue weighted by molar-refractivity contribution is 0.181. The SMILES string of the molecule is COc1cccc(-c2nc(CN3CCN(S(=O)(=O)/C=C/c4ccccc4)CC3)cs2)c1. The number of piperazine rings is 1. The maximum absolute atomic E-state index is 12.6. The van der Waals surface area contributed by atoms with E-state index >= 15 is 0 Å². The zero-order chi connectivity index (χ0) is 21.7. The third-order valence-electron chi connectivity index (χ3n) is 5.18. The Morgan fingerprint density at radius 3 is 2.58 bits per heavy atom. The first-order valence-corrected chi connectivity index (χ1v) is 12.5. The largest absolute Gasteiger partial charge is 0.497 e. The van der Waals surface area contributed by atoms with Gasteiger partial charge in [-0.2, -0.15) is 4.31 Å². The molecule has 2 aromatic carbocycles. The fraction of sp³-hybridized carbons (Fsp3) is 0.261. The first-order chi connectivity index (χ1) is 15.0. The number of benzene rings is 2. The van der Waals surface area contributed by atoms with Crippen molar-refractivity contribution in [2.45, 2.75) is 6.54 Å². The molecule has 1 fully saturated rings. The normalized spacial score (nSPS) is 16.0. The minimum atomic E-state index is -3.42. The zero-order valence-electron chi connectivity index (χ0n) is 17.3. The van der Waals surface area contributed by atoms with E-state index in [0.717, 1.165) is 27.6 Å². The molecule has 0 aliphatic carbocycles. The summed E-state index contributed by atoms with van der Waals surface area (Å²) in [5, 5.41) is 4.33. The van der Waals surface area contributed by atoms with Crippen molar-refractivity contribution in [3.05, 3.63) is 76.6 Å². The molecule has 0 amide bonds. The van der Waals surface area contributed by atoms with E-state index in [1.54, 1.807) is 28.8 Å². The van der Waals surface area contributed by atoms with Crippen molar-refractivity contribution in [3.63, 3.8) is 0 Å². The molecular formula is C23H25N3O3S2. The molecule has 1 aliphatic rings. The Kier molecular flexibility index (Phi) is 6.82. The van der Waals surface area contributed by atoms with Gasteiger partial charge in [0.2, 0.25) is 10.0 Å². The molecule has 0 bridgehead atoms. The Balaban J connectivity index is 1.33. The number of rotatable bonds is 7. The Morgan fingerprint density at radius 1 is 1.06 bits per heavy atom. The highest BCUT2D eigenvalue weighted by Gasteiger charge is 2.25. The second-order valence-corrected chi connectivity index (χ2v) is 9.99. The van der Waals surface area contributed by atoms with Gasteiger partial charge in [0, 0.05) is 49.1 Å². The van der Waals surface area contributed by atoms with Gasteiger partial charge in [0.1, 0.15) is 10.8 Å². The number of aromatic nitrogens is 1. The van der Waals surface area contributed by atoms with Gasteiger partial charge in [0.15, 0.2) is 0 Å². The summed E-state index contributed by atoms with van der Waals surface area (Å²) in [5.74, 6) is 0.813. The van der Waals surface area contributed by atoms with Gasteiger partial charge in [-0.05, 0) is 23.8 Å². The lowest BCUT2D eigenvalue weighted by Crippen LogP contribution is -2.47. The molecule has 0 saturated carbocycles. The topological polar surface area (TPSA) is 62.7 Å². The average molecular weight is 456 g/mol. The van der Waals surface area contributed by atoms with Crippen LogP contribution < -0.4 is 4.74 Å². The van der Waals surface area contributed by atoms with E-state index in [2.05, 4.69) is 10.3 Å². The minimum Gasteiger partial charge on any atom is -0.497 e. The quantitative estimate of drug-likeness (QED) is 0.540. The molecule has 0 N–H and O–H groups in total. The molecule has 31 heavy (non-hydrogen) atoms. The van der Waals surface area contributed by atoms with Crippen molar-refractivity contribution < 1.29 is 13.2 Å². The Hall–Kier alpha value is -2.52. The third-order valence-corrected chi connectivity index (χ3v) is 7.68. The van der Waals surface area contributed by atoms with E-state index in [0.29, 0.717) is 32.7 Å². The molecule has 2 heterocycles. The van der Waals surface area contributed by atoms with Crippen LogP contribution in [0.15, 0.2) is 65.4 Å². The van der Waals surface area contributed by atoms with Crippen molar-refractivity contribution in [3.8, 4) is 16.3 Å². The van der Waals surface area contributed by atoms with Crippen LogP contribution in [0.5, 0.6) is 5.75 Å². The molecule has 0 radical (unpaired) electrons. The average Bonchev–Trinajstić information content (AvgIpc) is 3.27. The zero-order valence-corrected chi connectivity index (χ0v) is 19.0. The van der Waals surface area contributed by atoms with Crippen LogP contribution in [0.3, 0.4) is 0 Å². The van der Waals surface area contributed by atoms with Crippen molar-refractivity contribution in [1.29, 1.82) is 0 Å². The molecule has 1 aromatic heterocycles. The predicted molar refractivity (Wildman–Crippen MR) is 125 cm³/mol. The molecule has 6 nitrogen and oxygen atoms in total. The van der Waals surface area contributed by atoms with E-state index in [1.165, 1.54) is 5.41 Å². The van der Waals surface area contributed by atoms with Gasteiger partial charge in [-0.1, -0.05) is 42.5 Å². The van der Waals surface area contributed by atoms with E-state index in [4.69, 9.17) is 9.72 Å². The van der Waals surface area contributed by atoms with Gasteiger partial charge in [0.05, 0.1) is 12.8 Å². The summed E-state index contributed by atoms with van der Waals surface area (Å²) >= 11 is 1.61. The summed E-state index contributed by atoms with van der Waals surface area (Å²) in [7, 11) is -1.76. The van der Waals surface area contributed by atoms with Crippen LogP contribution in [0.4, 0.5) is 0 Å². The molecule has 162 valence electrons. The molecular weight excluding hydrogens is 430 g/mol. The smallest absolute Gasteiger partial charge is 0.236 e. The number of nitrogens with zero attached hydrogens (tertiary/aromatic N) is 3. The maximum atomic E-state index is 12.6. The van der Waals surface area contributed by atoms with Crippen LogP contribution in [0.25, 0.3) is 16.6 Å². The number of hydrogen-bond donors (Lipinski definition) is 0. The number of sulfonamides is 1. The Bertz CT molecular complexity index is 1140. The van der Waals surface area contributed by atoms with Gasteiger partial charge in [-0.15, -0.1) is 11.3 Å². The Morgan fingerprint density at radius 2 is 1.84 bits per heavy atom. The van der Waals surface area contributed by atoms with Crippen molar-refractivity contribution in [2.75, 3.05) is 33.3 Å². The number of ether oxygens (including phenoxy) is 1. The monoisotopic (exact) mass is 455 g/mol. The Labute approximate surface area is 187 Å². The molecule has 1 aliphatic heterocycles. The van der Waals surface area contributed by atoms with Gasteiger partial charge in [-0.25, -0.2) is 13.4 Å². The molecule has 3 aromatic rings. The summed E-state index contributed by atoms with van der Waals surface area (Å²) in [6, 6.07) is 17.4. The van der Waals surface area contributed by atoms with Gasteiger partial charge in [-0.3, -0.25) is 4.90 Å². The van der Waals surface area contributed by atoms with E-state index in [-0.39, 0.29) is 0 Å². The second-order valence-electron chi connectivity index (χ2n) is 7.31. The van der Waals surface area contributed by atoms with Gasteiger partial charge < -0.3 is 4.74 Å². The van der Waals surface area contributed by atoms with Crippen LogP contribution in [0, 0.1) is 0 Å². The summed E-state index contributed by atoms with van der Waals surface area (Å²) in [6.45, 7) is 3.05. The van der Waals surface area contributed by atoms with Crippen molar-refractivity contribution >= 4 is 27.4 Å². The van der Waals surface area contributed by atoms with Gasteiger partial charge >= 0.3 is 0 Å². The number of methoxy groups -OCH3 is 1. The fourth-order valence-corrected chi connectivity index (χ4v) is 5.44. The fourth-order valence-electron chi connectivity index (χ4n) is 3.45. The highest BCUT2D eigenvalue weighted by Crippen LogP contribution is 2.27. The number of hydrogen-bond acceptors (Lipinski definition) is 6. The summed E-state index contributed by atoms with van der Waals surface area (Å²) in [4.78, 5) is 7.01. The lowest BCUT2D eigenvalue weighted by atomic mass is 10.2. The summed E-state index contributed by atoms with van der Waals surface area (Å²) < 4.78 is 32.1. The molecule has 1 saturated heterocycles. The highest BCUT2D eigenvalue weighted by molar-refractivity contribution is 7.92. The molecule has 0 spiro atoms. The van der Waals surface area contributed by atoms with Gasteiger partial charge in [0.25, 0.3) is 0 Å².